The van der Waals surface area contributed by atoms with Crippen molar-refractivity contribution in [2.45, 2.75) is 0 Å². The van der Waals surface area contributed by atoms with E-state index in [2.05, 4.69) is 10.2 Å². The van der Waals surface area contributed by atoms with E-state index in [1.54, 1.807) is 13.3 Å². The van der Waals surface area contributed by atoms with Crippen LogP contribution in [0.25, 0.3) is 22.4 Å². The highest BCUT2D eigenvalue weighted by atomic mass is 16.5. The number of rotatable bonds is 3. The summed E-state index contributed by atoms with van der Waals surface area (Å²) in [6.07, 6.45) is 1.71. The van der Waals surface area contributed by atoms with Crippen LogP contribution in [0, 0.1) is 0 Å². The normalized spacial score (nSPS) is 10.2. The second-order valence-corrected chi connectivity index (χ2v) is 4.39. The molecule has 0 aliphatic heterocycles. The molecule has 0 aliphatic rings. The maximum Gasteiger partial charge on any atom is 0.118 e. The van der Waals surface area contributed by atoms with Crippen molar-refractivity contribution in [2.24, 2.45) is 0 Å². The first kappa shape index (κ1) is 12.4. The minimum atomic E-state index is 0.844. The SMILES string of the molecule is COc1ccc(-c2ccnnc2-c2ccccc2)cc1. The van der Waals surface area contributed by atoms with Gasteiger partial charge in [0.05, 0.1) is 13.3 Å². The molecule has 0 bridgehead atoms. The summed E-state index contributed by atoms with van der Waals surface area (Å²) in [5.74, 6) is 0.844. The Labute approximate surface area is 117 Å². The van der Waals surface area contributed by atoms with Crippen molar-refractivity contribution in [3.05, 3.63) is 66.9 Å². The Balaban J connectivity index is 2.10. The maximum atomic E-state index is 5.19. The Kier molecular flexibility index (Phi) is 3.42. The number of nitrogens with zero attached hydrogens (tertiary/aromatic N) is 2. The van der Waals surface area contributed by atoms with E-state index < -0.39 is 0 Å². The molecule has 0 unspecified atom stereocenters. The molecule has 1 aromatic heterocycles. The highest BCUT2D eigenvalue weighted by molar-refractivity contribution is 5.80. The van der Waals surface area contributed by atoms with Crippen LogP contribution in [0.2, 0.25) is 0 Å². The van der Waals surface area contributed by atoms with Crippen LogP contribution in [0.15, 0.2) is 66.9 Å². The third-order valence-electron chi connectivity index (χ3n) is 3.17. The molecule has 3 rings (SSSR count). The molecule has 0 saturated carbocycles. The summed E-state index contributed by atoms with van der Waals surface area (Å²) in [5.41, 5.74) is 4.11. The maximum absolute atomic E-state index is 5.19. The predicted molar refractivity (Wildman–Crippen MR) is 79.5 cm³/mol. The lowest BCUT2D eigenvalue weighted by molar-refractivity contribution is 0.415. The van der Waals surface area contributed by atoms with Gasteiger partial charge in [-0.25, -0.2) is 0 Å². The molecule has 0 spiro atoms. The third kappa shape index (κ3) is 2.38. The van der Waals surface area contributed by atoms with Crippen molar-refractivity contribution in [2.75, 3.05) is 7.11 Å². The van der Waals surface area contributed by atoms with E-state index in [9.17, 15) is 0 Å². The van der Waals surface area contributed by atoms with E-state index in [0.29, 0.717) is 0 Å². The molecule has 3 nitrogen and oxygen atoms in total. The summed E-state index contributed by atoms with van der Waals surface area (Å²) in [6.45, 7) is 0. The Bertz CT molecular complexity index is 694. The fourth-order valence-electron chi connectivity index (χ4n) is 2.14. The highest BCUT2D eigenvalue weighted by Gasteiger charge is 2.08. The molecule has 3 aromatic rings. The van der Waals surface area contributed by atoms with Crippen LogP contribution in [-0.4, -0.2) is 17.3 Å². The molecule has 2 aromatic carbocycles. The van der Waals surface area contributed by atoms with Gasteiger partial charge in [0.1, 0.15) is 11.4 Å². The van der Waals surface area contributed by atoms with E-state index in [0.717, 1.165) is 28.1 Å². The van der Waals surface area contributed by atoms with E-state index in [1.165, 1.54) is 0 Å². The zero-order chi connectivity index (χ0) is 13.8. The quantitative estimate of drug-likeness (QED) is 0.719. The molecule has 0 saturated heterocycles. The van der Waals surface area contributed by atoms with Crippen molar-refractivity contribution < 1.29 is 4.74 Å². The molecule has 0 atom stereocenters. The lowest BCUT2D eigenvalue weighted by Crippen LogP contribution is -1.91. The molecule has 0 amide bonds. The fourth-order valence-corrected chi connectivity index (χ4v) is 2.14. The summed E-state index contributed by atoms with van der Waals surface area (Å²) < 4.78 is 5.19. The first-order valence-electron chi connectivity index (χ1n) is 6.40. The zero-order valence-electron chi connectivity index (χ0n) is 11.2. The molecule has 3 heteroatoms. The standard InChI is InChI=1S/C17H14N2O/c1-20-15-9-7-13(8-10-15)16-11-12-18-19-17(16)14-5-3-2-4-6-14/h2-12H,1H3. The van der Waals surface area contributed by atoms with Crippen LogP contribution in [0.1, 0.15) is 0 Å². The molecule has 0 aliphatic carbocycles. The van der Waals surface area contributed by atoms with Crippen molar-refractivity contribution >= 4 is 0 Å². The van der Waals surface area contributed by atoms with Crippen molar-refractivity contribution in [3.63, 3.8) is 0 Å². The summed E-state index contributed by atoms with van der Waals surface area (Å²) >= 11 is 0. The Hall–Kier alpha value is -2.68. The fraction of sp³-hybridized carbons (Fsp3) is 0.0588. The molecular weight excluding hydrogens is 248 g/mol. The van der Waals surface area contributed by atoms with E-state index in [1.807, 2.05) is 60.7 Å². The van der Waals surface area contributed by atoms with Gasteiger partial charge in [-0.15, -0.1) is 5.10 Å². The van der Waals surface area contributed by atoms with Crippen LogP contribution in [-0.2, 0) is 0 Å². The second kappa shape index (κ2) is 5.53. The minimum Gasteiger partial charge on any atom is -0.497 e. The average molecular weight is 262 g/mol. The molecule has 1 heterocycles. The summed E-state index contributed by atoms with van der Waals surface area (Å²) in [4.78, 5) is 0. The van der Waals surface area contributed by atoms with Gasteiger partial charge < -0.3 is 4.74 Å². The number of hydrogen-bond donors (Lipinski definition) is 0. The number of aromatic nitrogens is 2. The molecule has 0 fully saturated rings. The Morgan fingerprint density at radius 1 is 0.800 bits per heavy atom. The predicted octanol–water partition coefficient (Wildman–Crippen LogP) is 3.82. The van der Waals surface area contributed by atoms with Crippen molar-refractivity contribution in [3.8, 4) is 28.1 Å². The van der Waals surface area contributed by atoms with Crippen molar-refractivity contribution in [1.29, 1.82) is 0 Å². The first-order chi connectivity index (χ1) is 9.88. The molecule has 20 heavy (non-hydrogen) atoms. The number of methoxy groups -OCH3 is 1. The average Bonchev–Trinajstić information content (AvgIpc) is 2.56. The monoisotopic (exact) mass is 262 g/mol. The van der Waals surface area contributed by atoms with Gasteiger partial charge in [0, 0.05) is 11.1 Å². The molecule has 0 N–H and O–H groups in total. The van der Waals surface area contributed by atoms with Gasteiger partial charge in [-0.3, -0.25) is 0 Å². The first-order valence-corrected chi connectivity index (χ1v) is 6.40. The lowest BCUT2D eigenvalue weighted by Gasteiger charge is -2.08. The minimum absolute atomic E-state index is 0.844. The largest absolute Gasteiger partial charge is 0.497 e. The lowest BCUT2D eigenvalue weighted by atomic mass is 10.0. The molecule has 0 radical (unpaired) electrons. The van der Waals surface area contributed by atoms with Crippen LogP contribution < -0.4 is 4.74 Å². The third-order valence-corrected chi connectivity index (χ3v) is 3.17. The smallest absolute Gasteiger partial charge is 0.118 e. The van der Waals surface area contributed by atoms with Gasteiger partial charge in [-0.2, -0.15) is 5.10 Å². The highest BCUT2D eigenvalue weighted by Crippen LogP contribution is 2.30. The van der Waals surface area contributed by atoms with Gasteiger partial charge in [-0.05, 0) is 23.8 Å². The van der Waals surface area contributed by atoms with E-state index in [4.69, 9.17) is 4.74 Å². The van der Waals surface area contributed by atoms with E-state index in [-0.39, 0.29) is 0 Å². The van der Waals surface area contributed by atoms with Crippen LogP contribution in [0.5, 0.6) is 5.75 Å². The Morgan fingerprint density at radius 3 is 2.25 bits per heavy atom. The zero-order valence-corrected chi connectivity index (χ0v) is 11.2. The number of ether oxygens (including phenoxy) is 1. The van der Waals surface area contributed by atoms with Crippen LogP contribution >= 0.6 is 0 Å². The van der Waals surface area contributed by atoms with E-state index >= 15 is 0 Å². The topological polar surface area (TPSA) is 35.0 Å². The summed E-state index contributed by atoms with van der Waals surface area (Å²) in [7, 11) is 1.67. The summed E-state index contributed by atoms with van der Waals surface area (Å²) in [5, 5.41) is 8.29. The Morgan fingerprint density at radius 2 is 1.55 bits per heavy atom. The second-order valence-electron chi connectivity index (χ2n) is 4.39. The van der Waals surface area contributed by atoms with Crippen molar-refractivity contribution in [1.82, 2.24) is 10.2 Å². The molecule has 98 valence electrons. The van der Waals surface area contributed by atoms with Crippen LogP contribution in [0.4, 0.5) is 0 Å². The number of hydrogen-bond acceptors (Lipinski definition) is 3. The van der Waals surface area contributed by atoms with Crippen LogP contribution in [0.3, 0.4) is 0 Å². The van der Waals surface area contributed by atoms with Gasteiger partial charge >= 0.3 is 0 Å². The van der Waals surface area contributed by atoms with Gasteiger partial charge in [-0.1, -0.05) is 42.5 Å². The summed E-state index contributed by atoms with van der Waals surface area (Å²) in [6, 6.07) is 20.0. The number of benzene rings is 2. The van der Waals surface area contributed by atoms with Gasteiger partial charge in [0.2, 0.25) is 0 Å². The van der Waals surface area contributed by atoms with Gasteiger partial charge in [0.15, 0.2) is 0 Å². The molecular formula is C17H14N2O. The van der Waals surface area contributed by atoms with Gasteiger partial charge in [0.25, 0.3) is 0 Å².